The molecule has 0 saturated carbocycles. The van der Waals surface area contributed by atoms with Crippen LogP contribution < -0.4 is 0 Å². The van der Waals surface area contributed by atoms with Crippen molar-refractivity contribution in [3.8, 4) is 6.07 Å². The summed E-state index contributed by atoms with van der Waals surface area (Å²) in [5.74, 6) is -47.3. The van der Waals surface area contributed by atoms with Crippen LogP contribution in [-0.4, -0.2) is 61.7 Å². The van der Waals surface area contributed by atoms with Crippen molar-refractivity contribution in [2.45, 2.75) is 41.7 Å². The molecule has 0 N–H and O–H groups in total. The summed E-state index contributed by atoms with van der Waals surface area (Å²) in [6, 6.07) is 0.633. The first kappa shape index (κ1) is 29.4. The van der Waals surface area contributed by atoms with Crippen LogP contribution in [0.5, 0.6) is 0 Å². The molecule has 0 aromatic carbocycles. The van der Waals surface area contributed by atoms with Gasteiger partial charge in [-0.05, 0) is 27.0 Å². The molecule has 0 radical (unpaired) electrons. The lowest BCUT2D eigenvalue weighted by Crippen LogP contribution is -2.72. The smallest absolute Gasteiger partial charge is 0.265 e. The Hall–Kier alpha value is -1.59. The molecule has 31 heavy (non-hydrogen) atoms. The Morgan fingerprint density at radius 3 is 1.26 bits per heavy atom. The van der Waals surface area contributed by atoms with Gasteiger partial charge in [-0.1, -0.05) is 0 Å². The number of nitrogens with zero attached hydrogens (tertiary/aromatic N) is 2. The van der Waals surface area contributed by atoms with Gasteiger partial charge in [0.05, 0.1) is 6.07 Å². The second-order valence-electron chi connectivity index (χ2n) is 6.64. The van der Waals surface area contributed by atoms with Gasteiger partial charge in [-0.15, -0.1) is 0 Å². The van der Waals surface area contributed by atoms with Gasteiger partial charge in [-0.25, -0.2) is 0 Å². The predicted octanol–water partition coefficient (Wildman–Crippen LogP) is 6.86. The molecule has 0 saturated heterocycles. The first-order chi connectivity index (χ1) is 13.2. The highest BCUT2D eigenvalue weighted by Crippen LogP contribution is 2.63. The molecule has 0 heterocycles. The summed E-state index contributed by atoms with van der Waals surface area (Å²) < 4.78 is 200. The fourth-order valence-electron chi connectivity index (χ4n) is 1.69. The molecule has 0 aromatic heterocycles. The molecule has 2 nitrogen and oxygen atoms in total. The van der Waals surface area contributed by atoms with Crippen LogP contribution in [-0.2, 0) is 0 Å². The van der Waals surface area contributed by atoms with Crippen LogP contribution in [0.15, 0.2) is 16.5 Å². The summed E-state index contributed by atoms with van der Waals surface area (Å²) in [4.78, 5) is 0. The van der Waals surface area contributed by atoms with Crippen molar-refractivity contribution < 1.29 is 65.9 Å². The van der Waals surface area contributed by atoms with Crippen molar-refractivity contribution >= 4 is 7.05 Å². The normalized spacial score (nSPS) is 16.2. The second kappa shape index (κ2) is 7.77. The maximum atomic E-state index is 14.0. The summed E-state index contributed by atoms with van der Waals surface area (Å²) in [6.45, 7) is 2.87. The summed E-state index contributed by atoms with van der Waals surface area (Å²) in [5.41, 5.74) is -2.61. The third-order valence-electron chi connectivity index (χ3n) is 3.26. The fourth-order valence-corrected chi connectivity index (χ4v) is 2.52. The summed E-state index contributed by atoms with van der Waals surface area (Å²) in [7, 11) is -3.10. The Kier molecular flexibility index (Phi) is 7.37. The third-order valence-corrected chi connectivity index (χ3v) is 4.07. The van der Waals surface area contributed by atoms with Gasteiger partial charge >= 0.3 is 41.7 Å². The van der Waals surface area contributed by atoms with E-state index in [1.54, 1.807) is 0 Å². The monoisotopic (exact) mass is 510 g/mol. The van der Waals surface area contributed by atoms with Crippen molar-refractivity contribution in [3.63, 3.8) is 0 Å². The van der Waals surface area contributed by atoms with Gasteiger partial charge in [0, 0.05) is 6.08 Å². The molecule has 0 aromatic rings. The van der Waals surface area contributed by atoms with Crippen molar-refractivity contribution in [2.24, 2.45) is 4.74 Å². The zero-order valence-corrected chi connectivity index (χ0v) is 16.0. The van der Waals surface area contributed by atoms with E-state index in [0.29, 0.717) is 6.07 Å². The molecule has 0 aliphatic heterocycles. The van der Waals surface area contributed by atoms with E-state index in [2.05, 4.69) is 4.74 Å². The summed E-state index contributed by atoms with van der Waals surface area (Å²) in [6.07, 6.45) is -8.29. The molecule has 0 spiro atoms. The Bertz CT molecular complexity index is 801. The molecule has 0 fully saturated rings. The number of rotatable bonds is 7. The molecule has 0 atom stereocenters. The number of hydrogen-bond acceptors (Lipinski definition) is 2. The highest BCUT2D eigenvalue weighted by molar-refractivity contribution is 7.64. The van der Waals surface area contributed by atoms with E-state index in [9.17, 15) is 65.9 Å². The minimum absolute atomic E-state index is 0.629. The van der Waals surface area contributed by atoms with Crippen LogP contribution >= 0.6 is 7.05 Å². The maximum Gasteiger partial charge on any atom is 0.460 e. The highest BCUT2D eigenvalue weighted by atomic mass is 31.2. The topological polar surface area (TPSA) is 36.1 Å². The zero-order valence-electron chi connectivity index (χ0n) is 15.1. The predicted molar refractivity (Wildman–Crippen MR) is 76.6 cm³/mol. The van der Waals surface area contributed by atoms with Gasteiger partial charge in [0.2, 0.25) is 0 Å². The summed E-state index contributed by atoms with van der Waals surface area (Å²) in [5, 5.41) is 8.32. The molecule has 0 aliphatic rings. The SMILES string of the molecule is CP(C)(C)=N/C(=C/C#N)C(F)(F)C(F)(F)C(F)(F)C(F)(F)C(F)(F)C(F)(F)C(F)(F)F. The molecular weight excluding hydrogens is 500 g/mol. The molecule has 0 amide bonds. The molecular formula is C13H10F15N2P. The van der Waals surface area contributed by atoms with Gasteiger partial charge in [0.1, 0.15) is 5.70 Å². The van der Waals surface area contributed by atoms with Crippen LogP contribution in [0.25, 0.3) is 0 Å². The average molecular weight is 510 g/mol. The van der Waals surface area contributed by atoms with Crippen LogP contribution in [0, 0.1) is 11.3 Å². The first-order valence-corrected chi connectivity index (χ1v) is 10.2. The minimum atomic E-state index is -8.37. The molecule has 0 aliphatic carbocycles. The summed E-state index contributed by atoms with van der Waals surface area (Å²) >= 11 is 0. The van der Waals surface area contributed by atoms with Gasteiger partial charge in [0.15, 0.2) is 0 Å². The number of alkyl halides is 15. The second-order valence-corrected chi connectivity index (χ2v) is 10.7. The van der Waals surface area contributed by atoms with Gasteiger partial charge in [-0.3, -0.25) is 4.74 Å². The number of hydrogen-bond donors (Lipinski definition) is 0. The minimum Gasteiger partial charge on any atom is -0.265 e. The molecule has 0 bridgehead atoms. The molecule has 0 rings (SSSR count). The van der Waals surface area contributed by atoms with Crippen LogP contribution in [0.3, 0.4) is 0 Å². The van der Waals surface area contributed by atoms with Crippen LogP contribution in [0.4, 0.5) is 65.9 Å². The lowest BCUT2D eigenvalue weighted by molar-refractivity contribution is -0.450. The van der Waals surface area contributed by atoms with Crippen molar-refractivity contribution in [3.05, 3.63) is 11.8 Å². The van der Waals surface area contributed by atoms with Gasteiger partial charge in [0.25, 0.3) is 0 Å². The molecule has 0 unspecified atom stereocenters. The highest BCUT2D eigenvalue weighted by Gasteiger charge is 2.93. The third kappa shape index (κ3) is 4.49. The average Bonchev–Trinajstić information content (AvgIpc) is 2.51. The number of halogens is 15. The lowest BCUT2D eigenvalue weighted by atomic mass is 9.90. The van der Waals surface area contributed by atoms with E-state index in [1.165, 1.54) is 0 Å². The maximum absolute atomic E-state index is 14.0. The van der Waals surface area contributed by atoms with Crippen molar-refractivity contribution in [1.29, 1.82) is 5.26 Å². The van der Waals surface area contributed by atoms with E-state index in [-0.39, 0.29) is 0 Å². The van der Waals surface area contributed by atoms with E-state index in [0.717, 1.165) is 20.0 Å². The van der Waals surface area contributed by atoms with Crippen LogP contribution in [0.1, 0.15) is 0 Å². The zero-order chi connectivity index (χ0) is 25.7. The van der Waals surface area contributed by atoms with E-state index >= 15 is 0 Å². The van der Waals surface area contributed by atoms with Crippen molar-refractivity contribution in [2.75, 3.05) is 20.0 Å². The first-order valence-electron chi connectivity index (χ1n) is 7.15. The lowest BCUT2D eigenvalue weighted by Gasteiger charge is -2.41. The fraction of sp³-hybridized carbons (Fsp3) is 0.769. The Balaban J connectivity index is 6.97. The molecule has 182 valence electrons. The standard InChI is InChI=1S/C13H10F15N2P/c1-31(2,3)30-6(4-5-29)7(14,15)8(16,17)9(18,19)10(20,21)11(22,23)12(24,25)13(26,27)28/h4H,1-3H3/b6-4+. The number of allylic oxidation sites excluding steroid dienone is 2. The van der Waals surface area contributed by atoms with E-state index in [1.807, 2.05) is 0 Å². The largest absolute Gasteiger partial charge is 0.460 e. The Morgan fingerprint density at radius 2 is 0.968 bits per heavy atom. The van der Waals surface area contributed by atoms with E-state index < -0.39 is 60.5 Å². The van der Waals surface area contributed by atoms with Crippen LogP contribution in [0.2, 0.25) is 0 Å². The van der Waals surface area contributed by atoms with Gasteiger partial charge in [-0.2, -0.15) is 71.1 Å². The molecule has 18 heteroatoms. The quantitative estimate of drug-likeness (QED) is 0.210. The Labute approximate surface area is 163 Å². The van der Waals surface area contributed by atoms with E-state index in [4.69, 9.17) is 5.26 Å². The number of nitriles is 1. The Morgan fingerprint density at radius 1 is 0.645 bits per heavy atom. The van der Waals surface area contributed by atoms with Gasteiger partial charge < -0.3 is 0 Å². The van der Waals surface area contributed by atoms with Crippen molar-refractivity contribution in [1.82, 2.24) is 0 Å².